The SMILES string of the molecule is N#Cc1[nH]c(=O)ccc1C(F)F. The molecule has 0 aliphatic rings. The van der Waals surface area contributed by atoms with Crippen LogP contribution >= 0.6 is 0 Å². The van der Waals surface area contributed by atoms with E-state index in [2.05, 4.69) is 0 Å². The molecule has 12 heavy (non-hydrogen) atoms. The first-order valence-electron chi connectivity index (χ1n) is 3.06. The van der Waals surface area contributed by atoms with Crippen LogP contribution in [0.4, 0.5) is 8.78 Å². The van der Waals surface area contributed by atoms with Crippen molar-refractivity contribution in [1.29, 1.82) is 5.26 Å². The van der Waals surface area contributed by atoms with E-state index in [9.17, 15) is 13.6 Å². The topological polar surface area (TPSA) is 56.6 Å². The van der Waals surface area contributed by atoms with Crippen LogP contribution in [0, 0.1) is 11.3 Å². The monoisotopic (exact) mass is 170 g/mol. The number of halogens is 2. The molecule has 0 atom stereocenters. The average molecular weight is 170 g/mol. The lowest BCUT2D eigenvalue weighted by molar-refractivity contribution is 0.150. The van der Waals surface area contributed by atoms with Crippen molar-refractivity contribution in [3.8, 4) is 6.07 Å². The summed E-state index contributed by atoms with van der Waals surface area (Å²) in [5, 5.41) is 8.34. The van der Waals surface area contributed by atoms with Gasteiger partial charge in [0, 0.05) is 6.07 Å². The summed E-state index contributed by atoms with van der Waals surface area (Å²) in [5.74, 6) is 0. The molecule has 62 valence electrons. The Bertz CT molecular complexity index is 378. The number of aromatic nitrogens is 1. The minimum Gasteiger partial charge on any atom is -0.313 e. The van der Waals surface area contributed by atoms with Gasteiger partial charge in [-0.2, -0.15) is 5.26 Å². The number of alkyl halides is 2. The number of rotatable bonds is 1. The van der Waals surface area contributed by atoms with Gasteiger partial charge in [0.05, 0.1) is 5.56 Å². The van der Waals surface area contributed by atoms with Gasteiger partial charge in [0.2, 0.25) is 5.56 Å². The van der Waals surface area contributed by atoms with Crippen LogP contribution < -0.4 is 5.56 Å². The second kappa shape index (κ2) is 3.13. The fourth-order valence-corrected chi connectivity index (χ4v) is 0.760. The fourth-order valence-electron chi connectivity index (χ4n) is 0.760. The van der Waals surface area contributed by atoms with E-state index in [4.69, 9.17) is 5.26 Å². The second-order valence-corrected chi connectivity index (χ2v) is 2.07. The molecular formula is C7H4F2N2O. The number of hydrogen-bond acceptors (Lipinski definition) is 2. The first-order chi connectivity index (χ1) is 5.65. The summed E-state index contributed by atoms with van der Waals surface area (Å²) in [6.07, 6.45) is -2.74. The zero-order valence-corrected chi connectivity index (χ0v) is 5.84. The van der Waals surface area contributed by atoms with Crippen LogP contribution in [0.5, 0.6) is 0 Å². The number of nitrogens with one attached hydrogen (secondary N) is 1. The minimum atomic E-state index is -2.74. The van der Waals surface area contributed by atoms with E-state index in [1.807, 2.05) is 4.98 Å². The zero-order valence-electron chi connectivity index (χ0n) is 5.84. The van der Waals surface area contributed by atoms with E-state index < -0.39 is 17.5 Å². The van der Waals surface area contributed by atoms with E-state index in [0.717, 1.165) is 12.1 Å². The molecule has 0 fully saturated rings. The van der Waals surface area contributed by atoms with Crippen molar-refractivity contribution in [2.75, 3.05) is 0 Å². The van der Waals surface area contributed by atoms with Gasteiger partial charge in [-0.3, -0.25) is 4.79 Å². The van der Waals surface area contributed by atoms with Gasteiger partial charge in [-0.1, -0.05) is 0 Å². The Morgan fingerprint density at radius 2 is 2.17 bits per heavy atom. The zero-order chi connectivity index (χ0) is 9.14. The lowest BCUT2D eigenvalue weighted by Crippen LogP contribution is -2.08. The summed E-state index contributed by atoms with van der Waals surface area (Å²) in [4.78, 5) is 12.6. The Hall–Kier alpha value is -1.70. The molecular weight excluding hydrogens is 166 g/mol. The van der Waals surface area contributed by atoms with Crippen molar-refractivity contribution in [2.24, 2.45) is 0 Å². The highest BCUT2D eigenvalue weighted by molar-refractivity contribution is 5.31. The third kappa shape index (κ3) is 1.48. The van der Waals surface area contributed by atoms with Gasteiger partial charge in [0.1, 0.15) is 11.8 Å². The number of hydrogen-bond donors (Lipinski definition) is 1. The van der Waals surface area contributed by atoms with Crippen LogP contribution in [0.2, 0.25) is 0 Å². The van der Waals surface area contributed by atoms with Crippen molar-refractivity contribution in [3.05, 3.63) is 33.7 Å². The molecule has 3 nitrogen and oxygen atoms in total. The smallest absolute Gasteiger partial charge is 0.266 e. The number of nitrogens with zero attached hydrogens (tertiary/aromatic N) is 1. The van der Waals surface area contributed by atoms with Gasteiger partial charge in [-0.05, 0) is 6.07 Å². The fraction of sp³-hybridized carbons (Fsp3) is 0.143. The molecule has 0 aromatic carbocycles. The molecule has 0 saturated carbocycles. The average Bonchev–Trinajstić information content (AvgIpc) is 2.03. The van der Waals surface area contributed by atoms with Gasteiger partial charge in [-0.25, -0.2) is 8.78 Å². The summed E-state index contributed by atoms with van der Waals surface area (Å²) < 4.78 is 24.1. The Morgan fingerprint density at radius 1 is 1.50 bits per heavy atom. The lowest BCUT2D eigenvalue weighted by atomic mass is 10.2. The molecule has 1 heterocycles. The molecule has 0 saturated heterocycles. The highest BCUT2D eigenvalue weighted by Crippen LogP contribution is 2.19. The molecule has 0 aliphatic heterocycles. The largest absolute Gasteiger partial charge is 0.313 e. The molecule has 0 unspecified atom stereocenters. The maximum atomic E-state index is 12.1. The van der Waals surface area contributed by atoms with Gasteiger partial charge in [0.25, 0.3) is 6.43 Å². The molecule has 1 N–H and O–H groups in total. The molecule has 1 aromatic heterocycles. The van der Waals surface area contributed by atoms with E-state index in [0.29, 0.717) is 0 Å². The Balaban J connectivity index is 3.32. The van der Waals surface area contributed by atoms with Crippen LogP contribution in [-0.2, 0) is 0 Å². The highest BCUT2D eigenvalue weighted by Gasteiger charge is 2.12. The first-order valence-corrected chi connectivity index (χ1v) is 3.06. The van der Waals surface area contributed by atoms with Crippen LogP contribution in [0.15, 0.2) is 16.9 Å². The Labute approximate surface area is 66.3 Å². The third-order valence-electron chi connectivity index (χ3n) is 1.30. The Morgan fingerprint density at radius 3 is 2.67 bits per heavy atom. The molecule has 0 bridgehead atoms. The van der Waals surface area contributed by atoms with Gasteiger partial charge < -0.3 is 4.98 Å². The van der Waals surface area contributed by atoms with Crippen molar-refractivity contribution in [1.82, 2.24) is 4.98 Å². The second-order valence-electron chi connectivity index (χ2n) is 2.07. The highest BCUT2D eigenvalue weighted by atomic mass is 19.3. The van der Waals surface area contributed by atoms with Crippen molar-refractivity contribution < 1.29 is 8.78 Å². The summed E-state index contributed by atoms with van der Waals surface area (Å²) in [7, 11) is 0. The summed E-state index contributed by atoms with van der Waals surface area (Å²) in [6.45, 7) is 0. The predicted octanol–water partition coefficient (Wildman–Crippen LogP) is 1.18. The molecule has 0 spiro atoms. The standard InChI is InChI=1S/C7H4F2N2O/c8-7(9)4-1-2-6(12)11-5(4)3-10/h1-2,7H,(H,11,12). The van der Waals surface area contributed by atoms with E-state index in [1.165, 1.54) is 6.07 Å². The number of pyridine rings is 1. The summed E-state index contributed by atoms with van der Waals surface area (Å²) in [5.41, 5.74) is -1.38. The van der Waals surface area contributed by atoms with E-state index in [-0.39, 0.29) is 5.69 Å². The van der Waals surface area contributed by atoms with Crippen LogP contribution in [0.25, 0.3) is 0 Å². The van der Waals surface area contributed by atoms with Gasteiger partial charge >= 0.3 is 0 Å². The maximum absolute atomic E-state index is 12.1. The van der Waals surface area contributed by atoms with Crippen molar-refractivity contribution in [2.45, 2.75) is 6.43 Å². The van der Waals surface area contributed by atoms with Crippen molar-refractivity contribution in [3.63, 3.8) is 0 Å². The number of aromatic amines is 1. The number of H-pyrrole nitrogens is 1. The normalized spacial score (nSPS) is 9.83. The Kier molecular flexibility index (Phi) is 2.19. The number of nitriles is 1. The van der Waals surface area contributed by atoms with Crippen molar-refractivity contribution >= 4 is 0 Å². The molecule has 0 amide bonds. The van der Waals surface area contributed by atoms with E-state index in [1.54, 1.807) is 0 Å². The predicted molar refractivity (Wildman–Crippen MR) is 36.7 cm³/mol. The first kappa shape index (κ1) is 8.40. The van der Waals surface area contributed by atoms with Gasteiger partial charge in [-0.15, -0.1) is 0 Å². The van der Waals surface area contributed by atoms with Gasteiger partial charge in [0.15, 0.2) is 0 Å². The van der Waals surface area contributed by atoms with Crippen LogP contribution in [0.3, 0.4) is 0 Å². The van der Waals surface area contributed by atoms with E-state index >= 15 is 0 Å². The van der Waals surface area contributed by atoms with Crippen LogP contribution in [0.1, 0.15) is 17.7 Å². The molecule has 0 radical (unpaired) electrons. The third-order valence-corrected chi connectivity index (χ3v) is 1.30. The van der Waals surface area contributed by atoms with Crippen LogP contribution in [-0.4, -0.2) is 4.98 Å². The minimum absolute atomic E-state index is 0.377. The molecule has 1 rings (SSSR count). The quantitative estimate of drug-likeness (QED) is 0.688. The maximum Gasteiger partial charge on any atom is 0.266 e. The molecule has 0 aliphatic carbocycles. The summed E-state index contributed by atoms with van der Waals surface area (Å²) in [6, 6.07) is 3.39. The molecule has 5 heteroatoms. The lowest BCUT2D eigenvalue weighted by Gasteiger charge is -1.99. The summed E-state index contributed by atoms with van der Waals surface area (Å²) >= 11 is 0. The molecule has 1 aromatic rings.